The predicted molar refractivity (Wildman–Crippen MR) is 73.8 cm³/mol. The molecule has 0 amide bonds. The monoisotopic (exact) mass is 280 g/mol. The van der Waals surface area contributed by atoms with E-state index in [1.54, 1.807) is 19.2 Å². The van der Waals surface area contributed by atoms with E-state index in [0.29, 0.717) is 21.9 Å². The van der Waals surface area contributed by atoms with Gasteiger partial charge in [-0.2, -0.15) is 0 Å². The maximum atomic E-state index is 10.9. The molecular formula is C14H10Cl2O2. The Hall–Kier alpha value is -1.51. The predicted octanol–water partition coefficient (Wildman–Crippen LogP) is 4.48. The number of carbonyl (C=O) groups is 1. The van der Waals surface area contributed by atoms with Gasteiger partial charge in [-0.25, -0.2) is 0 Å². The molecule has 0 heterocycles. The van der Waals surface area contributed by atoms with Crippen LogP contribution in [0.4, 0.5) is 0 Å². The van der Waals surface area contributed by atoms with Crippen LogP contribution in [0.1, 0.15) is 10.4 Å². The summed E-state index contributed by atoms with van der Waals surface area (Å²) >= 11 is 12.1. The molecule has 2 aromatic carbocycles. The molecule has 0 unspecified atom stereocenters. The molecule has 2 aromatic rings. The van der Waals surface area contributed by atoms with Gasteiger partial charge < -0.3 is 4.74 Å². The third-order valence-corrected chi connectivity index (χ3v) is 3.38. The summed E-state index contributed by atoms with van der Waals surface area (Å²) in [4.78, 5) is 10.9. The zero-order valence-corrected chi connectivity index (χ0v) is 11.1. The standard InChI is InChI=1S/C14H10Cl2O2/c1-18-10-4-2-9(3-5-10)11-6-7-13(15)12(8-17)14(11)16/h2-8H,1H3. The SMILES string of the molecule is COc1ccc(-c2ccc(Cl)c(C=O)c2Cl)cc1. The molecule has 0 fully saturated rings. The van der Waals surface area contributed by atoms with Crippen LogP contribution in [-0.4, -0.2) is 13.4 Å². The van der Waals surface area contributed by atoms with Crippen molar-refractivity contribution in [1.29, 1.82) is 0 Å². The number of rotatable bonds is 3. The Kier molecular flexibility index (Phi) is 3.90. The maximum Gasteiger partial charge on any atom is 0.153 e. The van der Waals surface area contributed by atoms with Gasteiger partial charge >= 0.3 is 0 Å². The quantitative estimate of drug-likeness (QED) is 0.775. The van der Waals surface area contributed by atoms with Crippen molar-refractivity contribution < 1.29 is 9.53 Å². The fraction of sp³-hybridized carbons (Fsp3) is 0.0714. The number of carbonyl (C=O) groups excluding carboxylic acids is 1. The number of hydrogen-bond donors (Lipinski definition) is 0. The molecule has 92 valence electrons. The van der Waals surface area contributed by atoms with Gasteiger partial charge in [-0.05, 0) is 23.8 Å². The summed E-state index contributed by atoms with van der Waals surface area (Å²) in [5, 5.41) is 0.718. The van der Waals surface area contributed by atoms with Crippen LogP contribution in [0, 0.1) is 0 Å². The molecule has 0 aliphatic rings. The van der Waals surface area contributed by atoms with Crippen LogP contribution in [0.5, 0.6) is 5.75 Å². The summed E-state index contributed by atoms with van der Waals surface area (Å²) in [6.07, 6.45) is 0.664. The summed E-state index contributed by atoms with van der Waals surface area (Å²) in [6, 6.07) is 10.9. The minimum Gasteiger partial charge on any atom is -0.497 e. The molecule has 0 saturated carbocycles. The Morgan fingerprint density at radius 1 is 1.06 bits per heavy atom. The van der Waals surface area contributed by atoms with Crippen molar-refractivity contribution in [2.45, 2.75) is 0 Å². The van der Waals surface area contributed by atoms with E-state index in [9.17, 15) is 4.79 Å². The zero-order valence-electron chi connectivity index (χ0n) is 9.61. The van der Waals surface area contributed by atoms with Crippen molar-refractivity contribution in [1.82, 2.24) is 0 Å². The van der Waals surface area contributed by atoms with Crippen molar-refractivity contribution >= 4 is 29.5 Å². The van der Waals surface area contributed by atoms with Gasteiger partial charge in [0.05, 0.1) is 22.7 Å². The number of aldehydes is 1. The average molecular weight is 281 g/mol. The first-order valence-corrected chi connectivity index (χ1v) is 6.00. The van der Waals surface area contributed by atoms with Crippen molar-refractivity contribution in [2.24, 2.45) is 0 Å². The van der Waals surface area contributed by atoms with Crippen LogP contribution >= 0.6 is 23.2 Å². The third-order valence-electron chi connectivity index (χ3n) is 2.65. The topological polar surface area (TPSA) is 26.3 Å². The summed E-state index contributed by atoms with van der Waals surface area (Å²) in [6.45, 7) is 0. The van der Waals surface area contributed by atoms with Crippen LogP contribution in [0.2, 0.25) is 10.0 Å². The molecule has 0 aliphatic heterocycles. The molecule has 0 spiro atoms. The molecule has 0 atom stereocenters. The molecule has 2 nitrogen and oxygen atoms in total. The lowest BCUT2D eigenvalue weighted by Crippen LogP contribution is -1.89. The lowest BCUT2D eigenvalue weighted by atomic mass is 10.0. The summed E-state index contributed by atoms with van der Waals surface area (Å²) in [5.41, 5.74) is 1.98. The van der Waals surface area contributed by atoms with Gasteiger partial charge in [-0.15, -0.1) is 0 Å². The van der Waals surface area contributed by atoms with Crippen LogP contribution in [0.15, 0.2) is 36.4 Å². The lowest BCUT2D eigenvalue weighted by molar-refractivity contribution is 0.112. The summed E-state index contributed by atoms with van der Waals surface area (Å²) in [5.74, 6) is 0.763. The lowest BCUT2D eigenvalue weighted by Gasteiger charge is -2.08. The van der Waals surface area contributed by atoms with Crippen LogP contribution in [0.3, 0.4) is 0 Å². The molecular weight excluding hydrogens is 271 g/mol. The van der Waals surface area contributed by atoms with E-state index >= 15 is 0 Å². The highest BCUT2D eigenvalue weighted by Gasteiger charge is 2.11. The second kappa shape index (κ2) is 5.42. The van der Waals surface area contributed by atoms with Gasteiger partial charge in [-0.3, -0.25) is 4.79 Å². The molecule has 18 heavy (non-hydrogen) atoms. The Morgan fingerprint density at radius 3 is 2.28 bits per heavy atom. The third kappa shape index (κ3) is 2.35. The second-order valence-electron chi connectivity index (χ2n) is 3.67. The maximum absolute atomic E-state index is 10.9. The number of methoxy groups -OCH3 is 1. The minimum absolute atomic E-state index is 0.312. The van der Waals surface area contributed by atoms with E-state index in [0.717, 1.165) is 16.9 Å². The van der Waals surface area contributed by atoms with E-state index in [1.807, 2.05) is 24.3 Å². The largest absolute Gasteiger partial charge is 0.497 e. The minimum atomic E-state index is 0.312. The van der Waals surface area contributed by atoms with Crippen molar-refractivity contribution in [2.75, 3.05) is 7.11 Å². The van der Waals surface area contributed by atoms with Crippen LogP contribution in [0.25, 0.3) is 11.1 Å². The highest BCUT2D eigenvalue weighted by Crippen LogP contribution is 2.34. The first-order chi connectivity index (χ1) is 8.67. The van der Waals surface area contributed by atoms with E-state index in [1.165, 1.54) is 0 Å². The molecule has 0 aliphatic carbocycles. The highest BCUT2D eigenvalue weighted by atomic mass is 35.5. The van der Waals surface area contributed by atoms with Gasteiger partial charge in [-0.1, -0.05) is 41.4 Å². The average Bonchev–Trinajstić information content (AvgIpc) is 2.40. The molecule has 0 aromatic heterocycles. The van der Waals surface area contributed by atoms with Gasteiger partial charge in [0.15, 0.2) is 6.29 Å². The summed E-state index contributed by atoms with van der Waals surface area (Å²) in [7, 11) is 1.61. The smallest absolute Gasteiger partial charge is 0.153 e. The van der Waals surface area contributed by atoms with E-state index in [4.69, 9.17) is 27.9 Å². The van der Waals surface area contributed by atoms with E-state index < -0.39 is 0 Å². The van der Waals surface area contributed by atoms with E-state index in [2.05, 4.69) is 0 Å². The first kappa shape index (κ1) is 12.9. The Balaban J connectivity index is 2.53. The molecule has 0 N–H and O–H groups in total. The van der Waals surface area contributed by atoms with Gasteiger partial charge in [0.2, 0.25) is 0 Å². The summed E-state index contributed by atoms with van der Waals surface area (Å²) < 4.78 is 5.09. The van der Waals surface area contributed by atoms with Crippen molar-refractivity contribution in [3.05, 3.63) is 52.0 Å². The number of hydrogen-bond acceptors (Lipinski definition) is 2. The zero-order chi connectivity index (χ0) is 13.1. The van der Waals surface area contributed by atoms with Crippen molar-refractivity contribution in [3.63, 3.8) is 0 Å². The fourth-order valence-electron chi connectivity index (χ4n) is 1.67. The molecule has 0 saturated heterocycles. The van der Waals surface area contributed by atoms with Crippen LogP contribution in [-0.2, 0) is 0 Å². The molecule has 0 bridgehead atoms. The Labute approximate surface area is 115 Å². The van der Waals surface area contributed by atoms with Crippen LogP contribution < -0.4 is 4.74 Å². The second-order valence-corrected chi connectivity index (χ2v) is 4.45. The number of ether oxygens (including phenoxy) is 1. The normalized spacial score (nSPS) is 10.2. The van der Waals surface area contributed by atoms with Gasteiger partial charge in [0.1, 0.15) is 5.75 Å². The van der Waals surface area contributed by atoms with E-state index in [-0.39, 0.29) is 0 Å². The highest BCUT2D eigenvalue weighted by molar-refractivity contribution is 6.40. The van der Waals surface area contributed by atoms with Gasteiger partial charge in [0.25, 0.3) is 0 Å². The fourth-order valence-corrected chi connectivity index (χ4v) is 2.24. The van der Waals surface area contributed by atoms with Gasteiger partial charge in [0, 0.05) is 5.56 Å². The first-order valence-electron chi connectivity index (χ1n) is 5.25. The number of halogens is 2. The molecule has 4 heteroatoms. The molecule has 2 rings (SSSR count). The van der Waals surface area contributed by atoms with Crippen molar-refractivity contribution in [3.8, 4) is 16.9 Å². The Bertz CT molecular complexity index is 577. The Morgan fingerprint density at radius 2 is 1.72 bits per heavy atom. The molecule has 0 radical (unpaired) electrons. The number of benzene rings is 2.